The molecule has 17 heavy (non-hydrogen) atoms. The van der Waals surface area contributed by atoms with E-state index in [4.69, 9.17) is 0 Å². The van der Waals surface area contributed by atoms with Crippen molar-refractivity contribution in [2.75, 3.05) is 6.54 Å². The van der Waals surface area contributed by atoms with Gasteiger partial charge in [-0.05, 0) is 35.4 Å². The van der Waals surface area contributed by atoms with E-state index in [0.717, 1.165) is 12.1 Å². The zero-order valence-electron chi connectivity index (χ0n) is 11.1. The Labute approximate surface area is 103 Å². The van der Waals surface area contributed by atoms with E-state index < -0.39 is 0 Å². The standard InChI is InChI=1S/C15H22FN/c1-5-17-14-10(2)13(15(14,3)4)11-8-6-7-9-12(11)16/h6-10,13-14,17H,5H2,1-4H3. The Kier molecular flexibility index (Phi) is 3.26. The Bertz CT molecular complexity index is 400. The number of hydrogen-bond donors (Lipinski definition) is 1. The third-order valence-electron chi connectivity index (χ3n) is 4.32. The molecule has 1 aromatic rings. The van der Waals surface area contributed by atoms with Crippen LogP contribution in [0.2, 0.25) is 0 Å². The van der Waals surface area contributed by atoms with Gasteiger partial charge in [0, 0.05) is 6.04 Å². The lowest BCUT2D eigenvalue weighted by Gasteiger charge is -2.58. The second kappa shape index (κ2) is 4.41. The van der Waals surface area contributed by atoms with Crippen LogP contribution in [0.4, 0.5) is 4.39 Å². The fourth-order valence-electron chi connectivity index (χ4n) is 3.70. The summed E-state index contributed by atoms with van der Waals surface area (Å²) in [7, 11) is 0. The van der Waals surface area contributed by atoms with Crippen molar-refractivity contribution in [3.05, 3.63) is 35.6 Å². The Morgan fingerprint density at radius 1 is 1.29 bits per heavy atom. The van der Waals surface area contributed by atoms with E-state index in [0.29, 0.717) is 17.9 Å². The molecule has 1 aromatic carbocycles. The van der Waals surface area contributed by atoms with E-state index in [-0.39, 0.29) is 11.2 Å². The highest BCUT2D eigenvalue weighted by molar-refractivity contribution is 5.30. The van der Waals surface area contributed by atoms with Crippen molar-refractivity contribution in [1.82, 2.24) is 5.32 Å². The van der Waals surface area contributed by atoms with E-state index in [9.17, 15) is 4.39 Å². The van der Waals surface area contributed by atoms with Gasteiger partial charge in [0.1, 0.15) is 5.82 Å². The lowest BCUT2D eigenvalue weighted by molar-refractivity contribution is -0.000406. The van der Waals surface area contributed by atoms with Crippen molar-refractivity contribution in [3.8, 4) is 0 Å². The van der Waals surface area contributed by atoms with Gasteiger partial charge in [-0.2, -0.15) is 0 Å². The highest BCUT2D eigenvalue weighted by atomic mass is 19.1. The van der Waals surface area contributed by atoms with Gasteiger partial charge in [-0.15, -0.1) is 0 Å². The lowest BCUT2D eigenvalue weighted by atomic mass is 9.50. The number of nitrogens with one attached hydrogen (secondary N) is 1. The Morgan fingerprint density at radius 3 is 2.47 bits per heavy atom. The predicted molar refractivity (Wildman–Crippen MR) is 69.6 cm³/mol. The molecule has 0 amide bonds. The largest absolute Gasteiger partial charge is 0.313 e. The molecular weight excluding hydrogens is 213 g/mol. The minimum absolute atomic E-state index is 0.0626. The van der Waals surface area contributed by atoms with Gasteiger partial charge >= 0.3 is 0 Å². The van der Waals surface area contributed by atoms with Crippen molar-refractivity contribution in [2.24, 2.45) is 11.3 Å². The summed E-state index contributed by atoms with van der Waals surface area (Å²) >= 11 is 0. The fraction of sp³-hybridized carbons (Fsp3) is 0.600. The molecule has 1 saturated carbocycles. The normalized spacial score (nSPS) is 31.0. The van der Waals surface area contributed by atoms with Gasteiger partial charge in [0.2, 0.25) is 0 Å². The molecule has 2 rings (SSSR count). The average molecular weight is 235 g/mol. The Morgan fingerprint density at radius 2 is 1.94 bits per heavy atom. The first-order chi connectivity index (χ1) is 8.00. The van der Waals surface area contributed by atoms with Crippen LogP contribution in [-0.2, 0) is 0 Å². The molecule has 3 atom stereocenters. The topological polar surface area (TPSA) is 12.0 Å². The molecule has 1 aliphatic rings. The molecule has 2 heteroatoms. The molecule has 1 N–H and O–H groups in total. The number of rotatable bonds is 3. The summed E-state index contributed by atoms with van der Waals surface area (Å²) in [4.78, 5) is 0. The molecule has 1 fully saturated rings. The third kappa shape index (κ3) is 1.89. The van der Waals surface area contributed by atoms with Crippen LogP contribution in [-0.4, -0.2) is 12.6 Å². The first kappa shape index (κ1) is 12.6. The number of benzene rings is 1. The second-order valence-electron chi connectivity index (χ2n) is 5.72. The molecule has 1 nitrogen and oxygen atoms in total. The maximum atomic E-state index is 13.9. The number of hydrogen-bond acceptors (Lipinski definition) is 1. The van der Waals surface area contributed by atoms with E-state index in [1.165, 1.54) is 0 Å². The van der Waals surface area contributed by atoms with Crippen molar-refractivity contribution in [2.45, 2.75) is 39.7 Å². The monoisotopic (exact) mass is 235 g/mol. The Hall–Kier alpha value is -0.890. The van der Waals surface area contributed by atoms with Crippen molar-refractivity contribution in [1.29, 1.82) is 0 Å². The van der Waals surface area contributed by atoms with Crippen LogP contribution < -0.4 is 5.32 Å². The predicted octanol–water partition coefficient (Wildman–Crippen LogP) is 3.56. The zero-order chi connectivity index (χ0) is 12.6. The maximum absolute atomic E-state index is 13.9. The SMILES string of the molecule is CCNC1C(C)C(c2ccccc2F)C1(C)C. The number of halogens is 1. The molecule has 0 radical (unpaired) electrons. The molecule has 3 unspecified atom stereocenters. The smallest absolute Gasteiger partial charge is 0.126 e. The van der Waals surface area contributed by atoms with Gasteiger partial charge in [-0.25, -0.2) is 4.39 Å². The molecule has 94 valence electrons. The summed E-state index contributed by atoms with van der Waals surface area (Å²) in [6, 6.07) is 7.68. The zero-order valence-corrected chi connectivity index (χ0v) is 11.1. The van der Waals surface area contributed by atoms with Crippen LogP contribution in [0.25, 0.3) is 0 Å². The summed E-state index contributed by atoms with van der Waals surface area (Å²) in [6.07, 6.45) is 0. The average Bonchev–Trinajstić information content (AvgIpc) is 2.28. The third-order valence-corrected chi connectivity index (χ3v) is 4.32. The van der Waals surface area contributed by atoms with Crippen LogP contribution in [0.1, 0.15) is 39.2 Å². The van der Waals surface area contributed by atoms with Crippen LogP contribution in [0.15, 0.2) is 24.3 Å². The molecule has 0 spiro atoms. The molecular formula is C15H22FN. The van der Waals surface area contributed by atoms with Gasteiger partial charge in [-0.3, -0.25) is 0 Å². The first-order valence-electron chi connectivity index (χ1n) is 6.48. The summed E-state index contributed by atoms with van der Waals surface area (Å²) < 4.78 is 13.9. The van der Waals surface area contributed by atoms with Crippen LogP contribution in [0.3, 0.4) is 0 Å². The molecule has 0 heterocycles. The van der Waals surface area contributed by atoms with Gasteiger partial charge in [0.05, 0.1) is 0 Å². The summed E-state index contributed by atoms with van der Waals surface area (Å²) in [5, 5.41) is 3.52. The summed E-state index contributed by atoms with van der Waals surface area (Å²) in [5.41, 5.74) is 0.997. The minimum Gasteiger partial charge on any atom is -0.313 e. The second-order valence-corrected chi connectivity index (χ2v) is 5.72. The minimum atomic E-state index is -0.0626. The van der Waals surface area contributed by atoms with E-state index in [1.807, 2.05) is 12.1 Å². The van der Waals surface area contributed by atoms with Gasteiger partial charge in [-0.1, -0.05) is 45.9 Å². The van der Waals surface area contributed by atoms with Crippen LogP contribution >= 0.6 is 0 Å². The van der Waals surface area contributed by atoms with Crippen molar-refractivity contribution >= 4 is 0 Å². The van der Waals surface area contributed by atoms with E-state index in [1.54, 1.807) is 12.1 Å². The fourth-order valence-corrected chi connectivity index (χ4v) is 3.70. The molecule has 0 bridgehead atoms. The van der Waals surface area contributed by atoms with Gasteiger partial charge in [0.15, 0.2) is 0 Å². The summed E-state index contributed by atoms with van der Waals surface area (Å²) in [6.45, 7) is 9.78. The van der Waals surface area contributed by atoms with Crippen molar-refractivity contribution in [3.63, 3.8) is 0 Å². The molecule has 0 aliphatic heterocycles. The van der Waals surface area contributed by atoms with E-state index >= 15 is 0 Å². The first-order valence-corrected chi connectivity index (χ1v) is 6.48. The lowest BCUT2D eigenvalue weighted by Crippen LogP contribution is -2.61. The maximum Gasteiger partial charge on any atom is 0.126 e. The quantitative estimate of drug-likeness (QED) is 0.844. The van der Waals surface area contributed by atoms with Gasteiger partial charge < -0.3 is 5.32 Å². The Balaban J connectivity index is 2.27. The molecule has 1 aliphatic carbocycles. The highest BCUT2D eigenvalue weighted by Gasteiger charge is 2.54. The molecule has 0 aromatic heterocycles. The van der Waals surface area contributed by atoms with Crippen LogP contribution in [0.5, 0.6) is 0 Å². The van der Waals surface area contributed by atoms with Crippen molar-refractivity contribution < 1.29 is 4.39 Å². The van der Waals surface area contributed by atoms with E-state index in [2.05, 4.69) is 33.0 Å². The summed E-state index contributed by atoms with van der Waals surface area (Å²) in [5.74, 6) is 0.738. The van der Waals surface area contributed by atoms with Crippen LogP contribution in [0, 0.1) is 17.2 Å². The molecule has 0 saturated heterocycles. The van der Waals surface area contributed by atoms with Gasteiger partial charge in [0.25, 0.3) is 0 Å². The highest BCUT2D eigenvalue weighted by Crippen LogP contribution is 2.56.